The third kappa shape index (κ3) is 4.81. The number of benzene rings is 3. The predicted octanol–water partition coefficient (Wildman–Crippen LogP) is 3.69. The maximum Gasteiger partial charge on any atom is 0.258 e. The van der Waals surface area contributed by atoms with E-state index in [4.69, 9.17) is 9.47 Å². The fourth-order valence-electron chi connectivity index (χ4n) is 3.55. The molecule has 1 saturated heterocycles. The average Bonchev–Trinajstić information content (AvgIpc) is 2.85. The molecule has 0 radical (unpaired) electrons. The molecule has 162 valence electrons. The standard InChI is InChI=1S/C26H24N2O4/c1-31-21-15-13-20(14-16-21)28-23(17-12-19-8-4-2-5-9-19)25(26(28)30)27-24(29)18-32-22-10-6-3-7-11-22/h2-17,23,25H,18H2,1H3,(H,27,29)/b17-12+/t23-,25+/m1/s1. The van der Waals surface area contributed by atoms with Crippen LogP contribution in [0.4, 0.5) is 5.69 Å². The van der Waals surface area contributed by atoms with Gasteiger partial charge in [-0.15, -0.1) is 0 Å². The van der Waals surface area contributed by atoms with Gasteiger partial charge in [0.15, 0.2) is 6.61 Å². The Hall–Kier alpha value is -4.06. The number of para-hydroxylation sites is 1. The van der Waals surface area contributed by atoms with Crippen LogP contribution in [0, 0.1) is 0 Å². The molecule has 6 nitrogen and oxygen atoms in total. The maximum absolute atomic E-state index is 13.0. The topological polar surface area (TPSA) is 67.9 Å². The summed E-state index contributed by atoms with van der Waals surface area (Å²) < 4.78 is 10.7. The van der Waals surface area contributed by atoms with Crippen molar-refractivity contribution in [2.75, 3.05) is 18.6 Å². The Bertz CT molecular complexity index is 1080. The molecule has 0 saturated carbocycles. The van der Waals surface area contributed by atoms with E-state index in [0.717, 1.165) is 11.3 Å². The maximum atomic E-state index is 13.0. The number of anilines is 1. The fraction of sp³-hybridized carbons (Fsp3) is 0.154. The molecule has 1 N–H and O–H groups in total. The van der Waals surface area contributed by atoms with Crippen molar-refractivity contribution in [3.8, 4) is 11.5 Å². The van der Waals surface area contributed by atoms with Gasteiger partial charge in [0, 0.05) is 5.69 Å². The number of ether oxygens (including phenoxy) is 2. The highest BCUT2D eigenvalue weighted by atomic mass is 16.5. The van der Waals surface area contributed by atoms with Crippen LogP contribution in [-0.4, -0.2) is 37.6 Å². The third-order valence-electron chi connectivity index (χ3n) is 5.21. The molecule has 0 aliphatic carbocycles. The summed E-state index contributed by atoms with van der Waals surface area (Å²) in [6.45, 7) is -0.161. The summed E-state index contributed by atoms with van der Waals surface area (Å²) >= 11 is 0. The zero-order chi connectivity index (χ0) is 22.3. The van der Waals surface area contributed by atoms with Crippen molar-refractivity contribution in [3.63, 3.8) is 0 Å². The normalized spacial score (nSPS) is 17.7. The molecule has 2 atom stereocenters. The number of hydrogen-bond acceptors (Lipinski definition) is 4. The van der Waals surface area contributed by atoms with Crippen LogP contribution >= 0.6 is 0 Å². The second kappa shape index (κ2) is 9.83. The lowest BCUT2D eigenvalue weighted by Crippen LogP contribution is -2.70. The Morgan fingerprint density at radius 2 is 1.59 bits per heavy atom. The Labute approximate surface area is 187 Å². The highest BCUT2D eigenvalue weighted by Crippen LogP contribution is 2.31. The first-order chi connectivity index (χ1) is 15.7. The SMILES string of the molecule is COc1ccc(N2C(=O)[C@@H](NC(=O)COc3ccccc3)[C@H]2/C=C/c2ccccc2)cc1. The van der Waals surface area contributed by atoms with Gasteiger partial charge in [-0.05, 0) is 42.0 Å². The van der Waals surface area contributed by atoms with Crippen LogP contribution in [-0.2, 0) is 9.59 Å². The number of hydrogen-bond donors (Lipinski definition) is 1. The average molecular weight is 428 g/mol. The zero-order valence-electron chi connectivity index (χ0n) is 17.7. The minimum atomic E-state index is -0.663. The summed E-state index contributed by atoms with van der Waals surface area (Å²) in [6.07, 6.45) is 3.89. The molecule has 1 heterocycles. The van der Waals surface area contributed by atoms with E-state index in [1.54, 1.807) is 36.3 Å². The van der Waals surface area contributed by atoms with Gasteiger partial charge in [-0.25, -0.2) is 0 Å². The first-order valence-corrected chi connectivity index (χ1v) is 10.3. The number of β-lactam (4-membered cyclic amide) rings is 1. The molecular formula is C26H24N2O4. The van der Waals surface area contributed by atoms with Crippen LogP contribution in [0.5, 0.6) is 11.5 Å². The van der Waals surface area contributed by atoms with Gasteiger partial charge < -0.3 is 19.7 Å². The van der Waals surface area contributed by atoms with E-state index in [1.807, 2.05) is 72.8 Å². The van der Waals surface area contributed by atoms with E-state index in [1.165, 1.54) is 0 Å². The Kier molecular flexibility index (Phi) is 6.51. The second-order valence-electron chi connectivity index (χ2n) is 7.31. The first kappa shape index (κ1) is 21.2. The number of carbonyl (C=O) groups excluding carboxylic acids is 2. The Morgan fingerprint density at radius 3 is 2.25 bits per heavy atom. The van der Waals surface area contributed by atoms with E-state index in [-0.39, 0.29) is 24.5 Å². The Balaban J connectivity index is 1.48. The van der Waals surface area contributed by atoms with Gasteiger partial charge in [-0.3, -0.25) is 9.59 Å². The van der Waals surface area contributed by atoms with Gasteiger partial charge in [0.25, 0.3) is 11.8 Å². The molecule has 1 fully saturated rings. The summed E-state index contributed by atoms with van der Waals surface area (Å²) in [4.78, 5) is 27.1. The molecule has 1 aliphatic rings. The smallest absolute Gasteiger partial charge is 0.258 e. The number of nitrogens with one attached hydrogen (secondary N) is 1. The highest BCUT2D eigenvalue weighted by molar-refractivity contribution is 6.08. The number of methoxy groups -OCH3 is 1. The van der Waals surface area contributed by atoms with Gasteiger partial charge >= 0.3 is 0 Å². The largest absolute Gasteiger partial charge is 0.497 e. The lowest BCUT2D eigenvalue weighted by molar-refractivity contribution is -0.132. The van der Waals surface area contributed by atoms with Crippen LogP contribution in [0.1, 0.15) is 5.56 Å². The first-order valence-electron chi connectivity index (χ1n) is 10.3. The van der Waals surface area contributed by atoms with Gasteiger partial charge in [-0.2, -0.15) is 0 Å². The van der Waals surface area contributed by atoms with Crippen molar-refractivity contribution in [1.29, 1.82) is 0 Å². The van der Waals surface area contributed by atoms with E-state index in [9.17, 15) is 9.59 Å². The summed E-state index contributed by atoms with van der Waals surface area (Å²) in [5, 5.41) is 2.81. The molecule has 0 aromatic heterocycles. The molecule has 3 aromatic rings. The number of amides is 2. The summed E-state index contributed by atoms with van der Waals surface area (Å²) in [5.41, 5.74) is 1.75. The minimum absolute atomic E-state index is 0.161. The van der Waals surface area contributed by atoms with E-state index in [0.29, 0.717) is 11.5 Å². The molecule has 1 aliphatic heterocycles. The van der Waals surface area contributed by atoms with Crippen molar-refractivity contribution in [1.82, 2.24) is 5.32 Å². The van der Waals surface area contributed by atoms with Gasteiger partial charge in [-0.1, -0.05) is 60.7 Å². The third-order valence-corrected chi connectivity index (χ3v) is 5.21. The molecule has 2 amide bonds. The molecule has 0 bridgehead atoms. The molecule has 32 heavy (non-hydrogen) atoms. The van der Waals surface area contributed by atoms with Crippen molar-refractivity contribution < 1.29 is 19.1 Å². The van der Waals surface area contributed by atoms with Gasteiger partial charge in [0.2, 0.25) is 0 Å². The fourth-order valence-corrected chi connectivity index (χ4v) is 3.55. The second-order valence-corrected chi connectivity index (χ2v) is 7.31. The van der Waals surface area contributed by atoms with Crippen LogP contribution in [0.2, 0.25) is 0 Å². The molecule has 3 aromatic carbocycles. The lowest BCUT2D eigenvalue weighted by atomic mass is 9.92. The van der Waals surface area contributed by atoms with E-state index in [2.05, 4.69) is 5.32 Å². The van der Waals surface area contributed by atoms with Crippen LogP contribution in [0.25, 0.3) is 6.08 Å². The number of carbonyl (C=O) groups is 2. The minimum Gasteiger partial charge on any atom is -0.497 e. The van der Waals surface area contributed by atoms with Crippen molar-refractivity contribution >= 4 is 23.6 Å². The predicted molar refractivity (Wildman–Crippen MR) is 124 cm³/mol. The molecule has 4 rings (SSSR count). The lowest BCUT2D eigenvalue weighted by Gasteiger charge is -2.45. The number of rotatable bonds is 8. The summed E-state index contributed by atoms with van der Waals surface area (Å²) in [6, 6.07) is 25.2. The van der Waals surface area contributed by atoms with E-state index < -0.39 is 6.04 Å². The van der Waals surface area contributed by atoms with Crippen LogP contribution in [0.15, 0.2) is 91.0 Å². The molecule has 6 heteroatoms. The zero-order valence-corrected chi connectivity index (χ0v) is 17.7. The molecular weight excluding hydrogens is 404 g/mol. The van der Waals surface area contributed by atoms with Gasteiger partial charge in [0.05, 0.1) is 13.2 Å². The Morgan fingerprint density at radius 1 is 0.938 bits per heavy atom. The monoisotopic (exact) mass is 428 g/mol. The summed E-state index contributed by atoms with van der Waals surface area (Å²) in [7, 11) is 1.60. The van der Waals surface area contributed by atoms with Crippen molar-refractivity contribution in [3.05, 3.63) is 96.6 Å². The molecule has 0 spiro atoms. The summed E-state index contributed by atoms with van der Waals surface area (Å²) in [5.74, 6) is 0.787. The molecule has 0 unspecified atom stereocenters. The van der Waals surface area contributed by atoms with Crippen molar-refractivity contribution in [2.24, 2.45) is 0 Å². The van der Waals surface area contributed by atoms with Crippen LogP contribution in [0.3, 0.4) is 0 Å². The highest BCUT2D eigenvalue weighted by Gasteiger charge is 2.47. The quantitative estimate of drug-likeness (QED) is 0.556. The van der Waals surface area contributed by atoms with Crippen molar-refractivity contribution in [2.45, 2.75) is 12.1 Å². The van der Waals surface area contributed by atoms with E-state index >= 15 is 0 Å². The number of nitrogens with zero attached hydrogens (tertiary/aromatic N) is 1. The van der Waals surface area contributed by atoms with Gasteiger partial charge in [0.1, 0.15) is 17.5 Å². The van der Waals surface area contributed by atoms with Crippen LogP contribution < -0.4 is 19.7 Å².